The molecule has 0 bridgehead atoms. The first-order valence-corrected chi connectivity index (χ1v) is 7.83. The van der Waals surface area contributed by atoms with Crippen LogP contribution >= 0.6 is 0 Å². The molecule has 126 valence electrons. The smallest absolute Gasteiger partial charge is 0.255 e. The molecule has 0 saturated carbocycles. The first-order valence-electron chi connectivity index (χ1n) is 7.83. The molecule has 0 fully saturated rings. The van der Waals surface area contributed by atoms with E-state index in [-0.39, 0.29) is 12.5 Å². The molecule has 0 radical (unpaired) electrons. The van der Waals surface area contributed by atoms with Gasteiger partial charge in [0.15, 0.2) is 17.3 Å². The van der Waals surface area contributed by atoms with E-state index in [9.17, 15) is 4.79 Å². The highest BCUT2D eigenvalue weighted by Crippen LogP contribution is 2.33. The number of benzene rings is 1. The molecular weight excluding hydrogens is 322 g/mol. The third-order valence-corrected chi connectivity index (χ3v) is 3.76. The van der Waals surface area contributed by atoms with Gasteiger partial charge in [0, 0.05) is 12.4 Å². The van der Waals surface area contributed by atoms with E-state index in [0.29, 0.717) is 47.4 Å². The minimum atomic E-state index is -0.265. The summed E-state index contributed by atoms with van der Waals surface area (Å²) in [5.41, 5.74) is 1.65. The van der Waals surface area contributed by atoms with E-state index in [1.165, 1.54) is 0 Å². The summed E-state index contributed by atoms with van der Waals surface area (Å²) in [6.07, 6.45) is 4.73. The number of furan rings is 1. The second-order valence-electron chi connectivity index (χ2n) is 5.34. The molecular formula is C18H15N3O4. The Morgan fingerprint density at radius 2 is 1.96 bits per heavy atom. The molecule has 3 aromatic rings. The quantitative estimate of drug-likeness (QED) is 0.787. The summed E-state index contributed by atoms with van der Waals surface area (Å²) >= 11 is 0. The monoisotopic (exact) mass is 337 g/mol. The van der Waals surface area contributed by atoms with Crippen molar-refractivity contribution in [1.82, 2.24) is 15.3 Å². The van der Waals surface area contributed by atoms with E-state index in [4.69, 9.17) is 13.9 Å². The lowest BCUT2D eigenvalue weighted by atomic mass is 10.1. The number of aromatic nitrogens is 2. The number of amides is 1. The van der Waals surface area contributed by atoms with Crippen LogP contribution in [0.1, 0.15) is 16.1 Å². The number of hydrogen-bond donors (Lipinski definition) is 1. The number of nitrogens with zero attached hydrogens (tertiary/aromatic N) is 2. The first kappa shape index (κ1) is 15.2. The summed E-state index contributed by atoms with van der Waals surface area (Å²) in [6, 6.07) is 8.82. The molecule has 1 aromatic carbocycles. The number of carbonyl (C=O) groups excluding carboxylic acids is 1. The lowest BCUT2D eigenvalue weighted by molar-refractivity contribution is 0.0939. The van der Waals surface area contributed by atoms with Crippen molar-refractivity contribution in [3.8, 4) is 23.0 Å². The Morgan fingerprint density at radius 3 is 2.84 bits per heavy atom. The number of rotatable bonds is 4. The summed E-state index contributed by atoms with van der Waals surface area (Å²) in [5, 5.41) is 2.85. The summed E-state index contributed by atoms with van der Waals surface area (Å²) in [4.78, 5) is 21.2. The van der Waals surface area contributed by atoms with Crippen LogP contribution in [-0.2, 0) is 6.54 Å². The summed E-state index contributed by atoms with van der Waals surface area (Å²) < 4.78 is 16.5. The molecule has 0 aliphatic carbocycles. The Kier molecular flexibility index (Phi) is 4.04. The van der Waals surface area contributed by atoms with Gasteiger partial charge in [-0.15, -0.1) is 0 Å². The second-order valence-corrected chi connectivity index (χ2v) is 5.34. The molecule has 2 aromatic heterocycles. The third-order valence-electron chi connectivity index (χ3n) is 3.76. The van der Waals surface area contributed by atoms with Crippen molar-refractivity contribution in [2.75, 3.05) is 13.2 Å². The first-order chi connectivity index (χ1) is 12.3. The van der Waals surface area contributed by atoms with E-state index in [1.807, 2.05) is 0 Å². The van der Waals surface area contributed by atoms with Crippen LogP contribution in [0.5, 0.6) is 11.5 Å². The van der Waals surface area contributed by atoms with Gasteiger partial charge in [-0.25, -0.2) is 4.98 Å². The van der Waals surface area contributed by atoms with Gasteiger partial charge in [-0.1, -0.05) is 6.07 Å². The van der Waals surface area contributed by atoms with Crippen LogP contribution < -0.4 is 14.8 Å². The molecule has 7 heteroatoms. The fourth-order valence-corrected chi connectivity index (χ4v) is 2.63. The van der Waals surface area contributed by atoms with Gasteiger partial charge in [0.2, 0.25) is 0 Å². The van der Waals surface area contributed by atoms with Gasteiger partial charge in [-0.2, -0.15) is 0 Å². The topological polar surface area (TPSA) is 86.5 Å². The molecule has 0 saturated heterocycles. The molecule has 3 heterocycles. The minimum Gasteiger partial charge on any atom is -0.486 e. The van der Waals surface area contributed by atoms with Gasteiger partial charge in [-0.3, -0.25) is 9.78 Å². The van der Waals surface area contributed by atoms with Gasteiger partial charge in [0.25, 0.3) is 5.91 Å². The van der Waals surface area contributed by atoms with Gasteiger partial charge in [0.1, 0.15) is 18.9 Å². The molecule has 25 heavy (non-hydrogen) atoms. The van der Waals surface area contributed by atoms with Crippen molar-refractivity contribution in [2.45, 2.75) is 6.54 Å². The minimum absolute atomic E-state index is 0.216. The van der Waals surface area contributed by atoms with Crippen LogP contribution in [0.15, 0.2) is 53.4 Å². The van der Waals surface area contributed by atoms with Crippen molar-refractivity contribution in [2.24, 2.45) is 0 Å². The highest BCUT2D eigenvalue weighted by Gasteiger charge is 2.20. The van der Waals surface area contributed by atoms with Gasteiger partial charge < -0.3 is 19.2 Å². The maximum absolute atomic E-state index is 12.6. The van der Waals surface area contributed by atoms with Crippen LogP contribution in [-0.4, -0.2) is 29.1 Å². The fourth-order valence-electron chi connectivity index (χ4n) is 2.63. The zero-order valence-electron chi connectivity index (χ0n) is 13.3. The Morgan fingerprint density at radius 1 is 1.08 bits per heavy atom. The summed E-state index contributed by atoms with van der Waals surface area (Å²) in [6.45, 7) is 1.11. The average molecular weight is 337 g/mol. The Balaban J connectivity index is 1.54. The van der Waals surface area contributed by atoms with Crippen molar-refractivity contribution in [3.05, 3.63) is 60.2 Å². The molecule has 0 atom stereocenters. The number of para-hydroxylation sites is 1. The standard InChI is InChI=1S/C18H15N3O4/c22-18(12-3-1-4-15-17(12)25-10-9-24-15)21-11-13-16(20-7-6-19-13)14-5-2-8-23-14/h1-8H,9-11H2,(H,21,22). The highest BCUT2D eigenvalue weighted by molar-refractivity contribution is 5.97. The maximum atomic E-state index is 12.6. The zero-order valence-corrected chi connectivity index (χ0v) is 13.3. The molecule has 4 rings (SSSR count). The molecule has 1 aliphatic heterocycles. The third kappa shape index (κ3) is 3.03. The number of ether oxygens (including phenoxy) is 2. The van der Waals surface area contributed by atoms with Gasteiger partial charge in [-0.05, 0) is 24.3 Å². The van der Waals surface area contributed by atoms with Crippen LogP contribution in [0, 0.1) is 0 Å². The Bertz CT molecular complexity index is 893. The normalized spacial score (nSPS) is 12.6. The SMILES string of the molecule is O=C(NCc1nccnc1-c1ccco1)c1cccc2c1OCCO2. The van der Waals surface area contributed by atoms with Crippen LogP contribution in [0.4, 0.5) is 0 Å². The number of nitrogens with one attached hydrogen (secondary N) is 1. The largest absolute Gasteiger partial charge is 0.486 e. The molecule has 1 aliphatic rings. The van der Waals surface area contributed by atoms with Crippen LogP contribution in [0.3, 0.4) is 0 Å². The summed E-state index contributed by atoms with van der Waals surface area (Å²) in [5.74, 6) is 1.39. The number of fused-ring (bicyclic) bond motifs is 1. The Labute approximate surface area is 143 Å². The number of hydrogen-bond acceptors (Lipinski definition) is 6. The predicted octanol–water partition coefficient (Wildman–Crippen LogP) is 2.44. The van der Waals surface area contributed by atoms with E-state index >= 15 is 0 Å². The van der Waals surface area contributed by atoms with Crippen molar-refractivity contribution in [3.63, 3.8) is 0 Å². The number of carbonyl (C=O) groups is 1. The fraction of sp³-hybridized carbons (Fsp3) is 0.167. The van der Waals surface area contributed by atoms with E-state index < -0.39 is 0 Å². The lowest BCUT2D eigenvalue weighted by Gasteiger charge is -2.20. The average Bonchev–Trinajstić information content (AvgIpc) is 3.20. The summed E-state index contributed by atoms with van der Waals surface area (Å²) in [7, 11) is 0. The molecule has 0 unspecified atom stereocenters. The Hall–Kier alpha value is -3.35. The molecule has 1 N–H and O–H groups in total. The van der Waals surface area contributed by atoms with E-state index in [2.05, 4.69) is 15.3 Å². The second kappa shape index (κ2) is 6.64. The predicted molar refractivity (Wildman–Crippen MR) is 88.3 cm³/mol. The van der Waals surface area contributed by atoms with Crippen LogP contribution in [0.2, 0.25) is 0 Å². The lowest BCUT2D eigenvalue weighted by Crippen LogP contribution is -2.26. The van der Waals surface area contributed by atoms with E-state index in [0.717, 1.165) is 0 Å². The van der Waals surface area contributed by atoms with Crippen molar-refractivity contribution >= 4 is 5.91 Å². The van der Waals surface area contributed by atoms with Crippen molar-refractivity contribution in [1.29, 1.82) is 0 Å². The van der Waals surface area contributed by atoms with E-state index in [1.54, 1.807) is 49.0 Å². The van der Waals surface area contributed by atoms with Crippen LogP contribution in [0.25, 0.3) is 11.5 Å². The van der Waals surface area contributed by atoms with Gasteiger partial charge in [0.05, 0.1) is 24.1 Å². The van der Waals surface area contributed by atoms with Gasteiger partial charge >= 0.3 is 0 Å². The maximum Gasteiger partial charge on any atom is 0.255 e. The molecule has 0 spiro atoms. The zero-order chi connectivity index (χ0) is 17.1. The van der Waals surface area contributed by atoms with Crippen molar-refractivity contribution < 1.29 is 18.7 Å². The molecule has 7 nitrogen and oxygen atoms in total. The highest BCUT2D eigenvalue weighted by atomic mass is 16.6. The molecule has 1 amide bonds.